The summed E-state index contributed by atoms with van der Waals surface area (Å²) in [6.45, 7) is 12.1. The van der Waals surface area contributed by atoms with E-state index >= 15 is 0 Å². The first kappa shape index (κ1) is 24.5. The molecule has 0 aliphatic carbocycles. The van der Waals surface area contributed by atoms with Crippen molar-refractivity contribution in [2.75, 3.05) is 13.1 Å². The van der Waals surface area contributed by atoms with Gasteiger partial charge in [0.1, 0.15) is 11.6 Å². The molecule has 33 heavy (non-hydrogen) atoms. The third-order valence-electron chi connectivity index (χ3n) is 5.77. The van der Waals surface area contributed by atoms with Crippen molar-refractivity contribution in [3.8, 4) is 5.75 Å². The van der Waals surface area contributed by atoms with Crippen LogP contribution in [0.15, 0.2) is 55.1 Å². The molecule has 0 bridgehead atoms. The van der Waals surface area contributed by atoms with E-state index in [1.54, 1.807) is 12.1 Å². The fourth-order valence-corrected chi connectivity index (χ4v) is 4.13. The predicted octanol–water partition coefficient (Wildman–Crippen LogP) is 4.81. The molecule has 1 aliphatic heterocycles. The molecule has 6 heteroatoms. The minimum Gasteiger partial charge on any atom is -0.481 e. The lowest BCUT2D eigenvalue weighted by molar-refractivity contribution is -0.141. The molecule has 0 aromatic heterocycles. The van der Waals surface area contributed by atoms with Gasteiger partial charge in [0.05, 0.1) is 6.04 Å². The Labute approximate surface area is 195 Å². The molecule has 0 saturated heterocycles. The fraction of sp³-hybridized carbons (Fsp3) is 0.407. The normalized spacial score (nSPS) is 16.5. The Morgan fingerprint density at radius 1 is 1.27 bits per heavy atom. The molecule has 0 radical (unpaired) electrons. The quantitative estimate of drug-likeness (QED) is 0.614. The molecule has 1 N–H and O–H groups in total. The van der Waals surface area contributed by atoms with Crippen molar-refractivity contribution in [3.05, 3.63) is 77.6 Å². The molecule has 0 unspecified atom stereocenters. The van der Waals surface area contributed by atoms with Gasteiger partial charge < -0.3 is 15.0 Å². The van der Waals surface area contributed by atoms with Gasteiger partial charge in [0.15, 0.2) is 6.10 Å². The van der Waals surface area contributed by atoms with Crippen molar-refractivity contribution in [1.82, 2.24) is 10.2 Å². The summed E-state index contributed by atoms with van der Waals surface area (Å²) < 4.78 is 20.2. The second-order valence-corrected chi connectivity index (χ2v) is 9.37. The van der Waals surface area contributed by atoms with Gasteiger partial charge in [-0.25, -0.2) is 4.39 Å². The van der Waals surface area contributed by atoms with Crippen LogP contribution >= 0.6 is 0 Å². The Morgan fingerprint density at radius 3 is 2.67 bits per heavy atom. The summed E-state index contributed by atoms with van der Waals surface area (Å²) in [5.41, 5.74) is 2.11. The van der Waals surface area contributed by atoms with Gasteiger partial charge in [-0.15, -0.1) is 6.58 Å². The van der Waals surface area contributed by atoms with Crippen LogP contribution in [0.5, 0.6) is 5.75 Å². The SMILES string of the molecule is C=CCNC(=O)[C@H](CC)Oc1ccc2c(c1)[C@H](c1cccc(F)c1)N(C(=O)C(C)(C)C)CC2. The molecule has 0 spiro atoms. The average Bonchev–Trinajstić information content (AvgIpc) is 2.78. The first-order valence-electron chi connectivity index (χ1n) is 11.4. The summed E-state index contributed by atoms with van der Waals surface area (Å²) in [4.78, 5) is 27.6. The van der Waals surface area contributed by atoms with Crippen molar-refractivity contribution in [1.29, 1.82) is 0 Å². The maximum absolute atomic E-state index is 14.2. The number of fused-ring (bicyclic) bond motifs is 1. The zero-order valence-electron chi connectivity index (χ0n) is 19.9. The van der Waals surface area contributed by atoms with E-state index in [1.165, 1.54) is 12.1 Å². The van der Waals surface area contributed by atoms with Gasteiger partial charge in [-0.3, -0.25) is 9.59 Å². The van der Waals surface area contributed by atoms with Crippen LogP contribution in [-0.4, -0.2) is 35.9 Å². The number of carbonyl (C=O) groups is 2. The smallest absolute Gasteiger partial charge is 0.261 e. The molecule has 2 aromatic rings. The number of ether oxygens (including phenoxy) is 1. The predicted molar refractivity (Wildman–Crippen MR) is 127 cm³/mol. The number of amides is 2. The summed E-state index contributed by atoms with van der Waals surface area (Å²) in [5.74, 6) is -0.00811. The Hall–Kier alpha value is -3.15. The lowest BCUT2D eigenvalue weighted by Gasteiger charge is -2.41. The van der Waals surface area contributed by atoms with Crippen molar-refractivity contribution < 1.29 is 18.7 Å². The standard InChI is InChI=1S/C27H33FN2O3/c1-6-14-29-25(31)23(7-2)33-21-12-11-18-13-15-30(26(32)27(3,4)5)24(22(18)17-21)19-9-8-10-20(28)16-19/h6,8-12,16-17,23-24H,1,7,13-15H2,2-5H3,(H,29,31)/t23-,24-/m0/s1. The van der Waals surface area contributed by atoms with Crippen molar-refractivity contribution in [3.63, 3.8) is 0 Å². The van der Waals surface area contributed by atoms with Crippen molar-refractivity contribution >= 4 is 11.8 Å². The number of hydrogen-bond acceptors (Lipinski definition) is 3. The zero-order chi connectivity index (χ0) is 24.2. The van der Waals surface area contributed by atoms with E-state index in [4.69, 9.17) is 4.74 Å². The molecule has 2 aromatic carbocycles. The van der Waals surface area contributed by atoms with E-state index in [2.05, 4.69) is 11.9 Å². The average molecular weight is 453 g/mol. The highest BCUT2D eigenvalue weighted by Gasteiger charge is 2.37. The summed E-state index contributed by atoms with van der Waals surface area (Å²) in [6, 6.07) is 11.7. The summed E-state index contributed by atoms with van der Waals surface area (Å²) in [7, 11) is 0. The van der Waals surface area contributed by atoms with Crippen LogP contribution in [0.1, 0.15) is 56.8 Å². The molecule has 2 amide bonds. The van der Waals surface area contributed by atoms with Crippen LogP contribution in [0.25, 0.3) is 0 Å². The maximum Gasteiger partial charge on any atom is 0.261 e. The second kappa shape index (κ2) is 10.2. The first-order valence-corrected chi connectivity index (χ1v) is 11.4. The first-order chi connectivity index (χ1) is 15.7. The van der Waals surface area contributed by atoms with E-state index in [9.17, 15) is 14.0 Å². The molecule has 5 nitrogen and oxygen atoms in total. The third kappa shape index (κ3) is 5.62. The minimum absolute atomic E-state index is 0.00368. The van der Waals surface area contributed by atoms with E-state index in [-0.39, 0.29) is 17.6 Å². The molecule has 176 valence electrons. The van der Waals surface area contributed by atoms with Gasteiger partial charge in [-0.05, 0) is 53.8 Å². The molecule has 1 aliphatic rings. The lowest BCUT2D eigenvalue weighted by Crippen LogP contribution is -2.45. The van der Waals surface area contributed by atoms with E-state index in [0.29, 0.717) is 37.2 Å². The number of rotatable bonds is 7. The molecular formula is C27H33FN2O3. The van der Waals surface area contributed by atoms with E-state index < -0.39 is 17.6 Å². The van der Waals surface area contributed by atoms with Crippen LogP contribution in [0.2, 0.25) is 0 Å². The van der Waals surface area contributed by atoms with Crippen molar-refractivity contribution in [2.45, 2.75) is 52.7 Å². The van der Waals surface area contributed by atoms with E-state index in [1.807, 2.05) is 56.9 Å². The molecule has 3 rings (SSSR count). The number of nitrogens with zero attached hydrogens (tertiary/aromatic N) is 1. The second-order valence-electron chi connectivity index (χ2n) is 9.37. The maximum atomic E-state index is 14.2. The third-order valence-corrected chi connectivity index (χ3v) is 5.77. The van der Waals surface area contributed by atoms with E-state index in [0.717, 1.165) is 11.1 Å². The van der Waals surface area contributed by atoms with Crippen LogP contribution < -0.4 is 10.1 Å². The summed E-state index contributed by atoms with van der Waals surface area (Å²) >= 11 is 0. The Balaban J connectivity index is 2.02. The highest BCUT2D eigenvalue weighted by Crippen LogP contribution is 2.39. The number of nitrogens with one attached hydrogen (secondary N) is 1. The zero-order valence-corrected chi connectivity index (χ0v) is 19.9. The number of hydrogen-bond donors (Lipinski definition) is 1. The Bertz CT molecular complexity index is 1030. The lowest BCUT2D eigenvalue weighted by atomic mass is 9.85. The summed E-state index contributed by atoms with van der Waals surface area (Å²) in [5, 5.41) is 2.77. The van der Waals surface area contributed by atoms with Gasteiger partial charge in [0.2, 0.25) is 5.91 Å². The number of benzene rings is 2. The van der Waals surface area contributed by atoms with Crippen LogP contribution in [-0.2, 0) is 16.0 Å². The largest absolute Gasteiger partial charge is 0.481 e. The van der Waals surface area contributed by atoms with Gasteiger partial charge in [-0.2, -0.15) is 0 Å². The molecule has 1 heterocycles. The summed E-state index contributed by atoms with van der Waals surface area (Å²) in [6.07, 6.45) is 2.17. The van der Waals surface area contributed by atoms with Gasteiger partial charge in [0, 0.05) is 18.5 Å². The monoisotopic (exact) mass is 452 g/mol. The van der Waals surface area contributed by atoms with Crippen LogP contribution in [0, 0.1) is 11.2 Å². The Kier molecular flexibility index (Phi) is 7.57. The minimum atomic E-state index is -0.647. The Morgan fingerprint density at radius 2 is 2.03 bits per heavy atom. The molecular weight excluding hydrogens is 419 g/mol. The highest BCUT2D eigenvalue weighted by molar-refractivity contribution is 5.83. The molecule has 2 atom stereocenters. The fourth-order valence-electron chi connectivity index (χ4n) is 4.13. The van der Waals surface area contributed by atoms with Crippen LogP contribution in [0.4, 0.5) is 4.39 Å². The number of carbonyl (C=O) groups excluding carboxylic acids is 2. The van der Waals surface area contributed by atoms with Gasteiger partial charge in [-0.1, -0.05) is 52.0 Å². The molecule has 0 fully saturated rings. The highest BCUT2D eigenvalue weighted by atomic mass is 19.1. The molecule has 0 saturated carbocycles. The van der Waals surface area contributed by atoms with Crippen molar-refractivity contribution in [2.24, 2.45) is 5.41 Å². The van der Waals surface area contributed by atoms with Gasteiger partial charge in [0.25, 0.3) is 5.91 Å². The van der Waals surface area contributed by atoms with Gasteiger partial charge >= 0.3 is 0 Å². The topological polar surface area (TPSA) is 58.6 Å². The number of halogens is 1. The van der Waals surface area contributed by atoms with Crippen LogP contribution in [0.3, 0.4) is 0 Å².